The van der Waals surface area contributed by atoms with Gasteiger partial charge < -0.3 is 4.74 Å². The molecule has 194 valence electrons. The Labute approximate surface area is 239 Å². The highest BCUT2D eigenvalue weighted by Crippen LogP contribution is 2.43. The number of benzene rings is 6. The first-order valence-electron chi connectivity index (χ1n) is 13.4. The molecule has 0 saturated heterocycles. The molecule has 0 aliphatic rings. The van der Waals surface area contributed by atoms with Crippen LogP contribution in [0.2, 0.25) is 0 Å². The van der Waals surface area contributed by atoms with Crippen molar-refractivity contribution in [2.24, 2.45) is 0 Å². The smallest absolute Gasteiger partial charge is 0.127 e. The molecule has 6 aromatic carbocycles. The third-order valence-electron chi connectivity index (χ3n) is 6.94. The number of ether oxygens (including phenoxy) is 1. The lowest BCUT2D eigenvalue weighted by Crippen LogP contribution is -2.26. The molecule has 40 heavy (non-hydrogen) atoms. The molecule has 0 heterocycles. The summed E-state index contributed by atoms with van der Waals surface area (Å²) < 4.78 is 6.13. The van der Waals surface area contributed by atoms with Gasteiger partial charge in [-0.3, -0.25) is 0 Å². The van der Waals surface area contributed by atoms with Crippen LogP contribution in [0.3, 0.4) is 0 Å². The third kappa shape index (κ3) is 5.37. The van der Waals surface area contributed by atoms with Crippen molar-refractivity contribution in [2.75, 3.05) is 7.11 Å². The van der Waals surface area contributed by atoms with Gasteiger partial charge in [-0.15, -0.1) is 0 Å². The minimum Gasteiger partial charge on any atom is -0.496 e. The van der Waals surface area contributed by atoms with Crippen LogP contribution in [0.4, 0.5) is 0 Å². The van der Waals surface area contributed by atoms with Gasteiger partial charge in [0.15, 0.2) is 0 Å². The number of methoxy groups -OCH3 is 1. The van der Waals surface area contributed by atoms with Crippen LogP contribution in [0, 0.1) is 0 Å². The summed E-state index contributed by atoms with van der Waals surface area (Å²) in [5.41, 5.74) is 2.41. The fraction of sp³-hybridized carbons (Fsp3) is 0.0270. The SMILES string of the molecule is COc1cccc(P(c2ccccc2)c2ccccc2)c1-c1ccccc1P(c1ccccc1)c1ccccc1. The third-order valence-corrected chi connectivity index (χ3v) is 11.9. The van der Waals surface area contributed by atoms with Crippen molar-refractivity contribution in [1.82, 2.24) is 0 Å². The van der Waals surface area contributed by atoms with Gasteiger partial charge in [-0.05, 0) is 59.3 Å². The monoisotopic (exact) mass is 552 g/mol. The van der Waals surface area contributed by atoms with Crippen LogP contribution in [-0.2, 0) is 0 Å². The van der Waals surface area contributed by atoms with Crippen molar-refractivity contribution in [3.05, 3.63) is 164 Å². The van der Waals surface area contributed by atoms with Crippen LogP contribution in [-0.4, -0.2) is 7.11 Å². The Morgan fingerprint density at radius 3 is 1.20 bits per heavy atom. The molecule has 0 aliphatic heterocycles. The van der Waals surface area contributed by atoms with Crippen LogP contribution in [0.25, 0.3) is 11.1 Å². The highest BCUT2D eigenvalue weighted by atomic mass is 31.1. The van der Waals surface area contributed by atoms with E-state index in [4.69, 9.17) is 4.74 Å². The normalized spacial score (nSPS) is 11.1. The molecular weight excluding hydrogens is 522 g/mol. The summed E-state index contributed by atoms with van der Waals surface area (Å²) >= 11 is 0. The van der Waals surface area contributed by atoms with E-state index in [9.17, 15) is 0 Å². The summed E-state index contributed by atoms with van der Waals surface area (Å²) in [6, 6.07) is 59.1. The number of hydrogen-bond acceptors (Lipinski definition) is 1. The van der Waals surface area contributed by atoms with Crippen molar-refractivity contribution < 1.29 is 4.74 Å². The number of hydrogen-bond donors (Lipinski definition) is 0. The average molecular weight is 553 g/mol. The number of rotatable bonds is 8. The zero-order chi connectivity index (χ0) is 27.1. The van der Waals surface area contributed by atoms with Gasteiger partial charge in [0.25, 0.3) is 0 Å². The first-order chi connectivity index (χ1) is 19.8. The van der Waals surface area contributed by atoms with Crippen molar-refractivity contribution >= 4 is 47.7 Å². The van der Waals surface area contributed by atoms with Gasteiger partial charge in [0.05, 0.1) is 7.11 Å². The van der Waals surface area contributed by atoms with Gasteiger partial charge >= 0.3 is 0 Å². The molecule has 0 N–H and O–H groups in total. The van der Waals surface area contributed by atoms with Crippen LogP contribution >= 0.6 is 15.8 Å². The van der Waals surface area contributed by atoms with Crippen molar-refractivity contribution in [1.29, 1.82) is 0 Å². The molecule has 0 radical (unpaired) electrons. The highest BCUT2D eigenvalue weighted by molar-refractivity contribution is 7.80. The summed E-state index contributed by atoms with van der Waals surface area (Å²) in [5.74, 6) is 0.903. The molecule has 0 bridgehead atoms. The predicted octanol–water partition coefficient (Wildman–Crippen LogP) is 6.88. The Bertz CT molecular complexity index is 1590. The van der Waals surface area contributed by atoms with E-state index < -0.39 is 15.8 Å². The van der Waals surface area contributed by atoms with Crippen LogP contribution in [0.15, 0.2) is 164 Å². The summed E-state index contributed by atoms with van der Waals surface area (Å²) in [6.45, 7) is 0. The standard InChI is InChI=1S/C37H30OP2/c1-38-34-26-16-28-36(40(31-21-10-4-11-22-31)32-23-12-5-13-24-32)37(34)33-25-14-15-27-35(33)39(29-17-6-2-7-18-29)30-19-8-3-9-20-30/h2-28H,1H3. The Balaban J connectivity index is 1.63. The lowest BCUT2D eigenvalue weighted by molar-refractivity contribution is 0.417. The minimum atomic E-state index is -0.825. The summed E-state index contributed by atoms with van der Waals surface area (Å²) in [7, 11) is 0.166. The predicted molar refractivity (Wildman–Crippen MR) is 176 cm³/mol. The zero-order valence-corrected chi connectivity index (χ0v) is 24.2. The van der Waals surface area contributed by atoms with E-state index in [1.54, 1.807) is 7.11 Å². The second-order valence-electron chi connectivity index (χ2n) is 9.38. The van der Waals surface area contributed by atoms with Gasteiger partial charge in [-0.25, -0.2) is 0 Å². The van der Waals surface area contributed by atoms with E-state index in [2.05, 4.69) is 164 Å². The largest absolute Gasteiger partial charge is 0.496 e. The molecule has 6 aromatic rings. The Kier molecular flexibility index (Phi) is 8.15. The highest BCUT2D eigenvalue weighted by Gasteiger charge is 2.27. The first kappa shape index (κ1) is 26.2. The molecule has 3 heteroatoms. The fourth-order valence-corrected chi connectivity index (χ4v) is 10.1. The Morgan fingerprint density at radius 2 is 0.750 bits per heavy atom. The van der Waals surface area contributed by atoms with Gasteiger partial charge in [-0.1, -0.05) is 158 Å². The quantitative estimate of drug-likeness (QED) is 0.187. The van der Waals surface area contributed by atoms with Crippen molar-refractivity contribution in [3.8, 4) is 16.9 Å². The van der Waals surface area contributed by atoms with Crippen LogP contribution in [0.5, 0.6) is 5.75 Å². The van der Waals surface area contributed by atoms with Crippen LogP contribution in [0.1, 0.15) is 0 Å². The molecule has 0 spiro atoms. The maximum atomic E-state index is 6.13. The van der Waals surface area contributed by atoms with Gasteiger partial charge in [0, 0.05) is 5.56 Å². The van der Waals surface area contributed by atoms with E-state index in [1.165, 1.54) is 43.0 Å². The molecule has 1 nitrogen and oxygen atoms in total. The molecule has 0 fully saturated rings. The van der Waals surface area contributed by atoms with E-state index in [-0.39, 0.29) is 0 Å². The van der Waals surface area contributed by atoms with Gasteiger partial charge in [-0.2, -0.15) is 0 Å². The van der Waals surface area contributed by atoms with Crippen LogP contribution < -0.4 is 36.6 Å². The molecule has 0 amide bonds. The fourth-order valence-electron chi connectivity index (χ4n) is 5.19. The zero-order valence-electron chi connectivity index (χ0n) is 22.4. The first-order valence-corrected chi connectivity index (χ1v) is 16.1. The molecule has 0 aromatic heterocycles. The molecule has 0 saturated carbocycles. The lowest BCUT2D eigenvalue weighted by Gasteiger charge is -2.27. The van der Waals surface area contributed by atoms with Gasteiger partial charge in [0.1, 0.15) is 5.75 Å². The molecule has 0 unspecified atom stereocenters. The summed E-state index contributed by atoms with van der Waals surface area (Å²) in [6.07, 6.45) is 0. The van der Waals surface area contributed by atoms with E-state index in [0.717, 1.165) is 5.75 Å². The second-order valence-corrected chi connectivity index (χ2v) is 13.8. The molecule has 0 atom stereocenters. The van der Waals surface area contributed by atoms with E-state index in [1.807, 2.05) is 0 Å². The van der Waals surface area contributed by atoms with Crippen molar-refractivity contribution in [3.63, 3.8) is 0 Å². The molecule has 6 rings (SSSR count). The van der Waals surface area contributed by atoms with Crippen molar-refractivity contribution in [2.45, 2.75) is 0 Å². The molecule has 0 aliphatic carbocycles. The second kappa shape index (κ2) is 12.4. The Hall–Kier alpha value is -4.02. The molecular formula is C37H30OP2. The van der Waals surface area contributed by atoms with E-state index in [0.29, 0.717) is 0 Å². The summed E-state index contributed by atoms with van der Waals surface area (Å²) in [4.78, 5) is 0. The maximum absolute atomic E-state index is 6.13. The minimum absolute atomic E-state index is 0.796. The van der Waals surface area contributed by atoms with E-state index >= 15 is 0 Å². The Morgan fingerprint density at radius 1 is 0.375 bits per heavy atom. The van der Waals surface area contributed by atoms with Gasteiger partial charge in [0.2, 0.25) is 0 Å². The average Bonchev–Trinajstić information content (AvgIpc) is 3.04. The maximum Gasteiger partial charge on any atom is 0.127 e. The lowest BCUT2D eigenvalue weighted by atomic mass is 10.0. The topological polar surface area (TPSA) is 9.23 Å². The summed E-state index contributed by atoms with van der Waals surface area (Å²) in [5, 5.41) is 7.95.